The molecule has 1 aliphatic rings. The minimum absolute atomic E-state index is 0.0631. The van der Waals surface area contributed by atoms with E-state index >= 15 is 0 Å². The van der Waals surface area contributed by atoms with Crippen LogP contribution in [-0.4, -0.2) is 124 Å². The van der Waals surface area contributed by atoms with Crippen LogP contribution in [0.2, 0.25) is 5.02 Å². The number of hydrogen-bond donors (Lipinski definition) is 9. The molecule has 18 nitrogen and oxygen atoms in total. The summed E-state index contributed by atoms with van der Waals surface area (Å²) >= 11 is 6.04. The van der Waals surface area contributed by atoms with Gasteiger partial charge in [0, 0.05) is 41.7 Å². The van der Waals surface area contributed by atoms with Crippen molar-refractivity contribution in [3.8, 4) is 33.8 Å². The van der Waals surface area contributed by atoms with Crippen molar-refractivity contribution in [3.05, 3.63) is 107 Å². The van der Waals surface area contributed by atoms with E-state index < -0.39 is 84.7 Å². The van der Waals surface area contributed by atoms with Crippen LogP contribution in [-0.2, 0) is 35.2 Å². The van der Waals surface area contributed by atoms with Crippen molar-refractivity contribution in [1.29, 1.82) is 0 Å². The summed E-state index contributed by atoms with van der Waals surface area (Å²) in [6.07, 6.45) is 0.935. The standard InChI is InChI=1S/C47H55ClN8O10/c1-26-42(61)54-37(44(63)52-27(2)46(65)56(20-21-57)25-40(50)60)23-28-7-17-38(58)34(22-28)35-24-32(14-18-39(35)59)41(45(64)51-26)55(3)47(66)36(6-4-5-19-49)53-43(62)31-10-8-29(9-11-31)30-12-15-33(48)16-13-30/h7-18,22,24,26-27,36-37,41,57-59H,4-6,19-21,23,25,49H2,1-3H3,(H2,50,60)(H,51,64)(H,52,63)(H,53,62)(H,54,61)/t26-,27-,36-,37-,41-/m0/s1. The van der Waals surface area contributed by atoms with Gasteiger partial charge in [-0.25, -0.2) is 0 Å². The molecule has 11 N–H and O–H groups in total. The van der Waals surface area contributed by atoms with Crippen LogP contribution >= 0.6 is 11.6 Å². The predicted molar refractivity (Wildman–Crippen MR) is 245 cm³/mol. The van der Waals surface area contributed by atoms with Crippen molar-refractivity contribution in [2.24, 2.45) is 11.5 Å². The molecule has 0 aromatic heterocycles. The van der Waals surface area contributed by atoms with Gasteiger partial charge in [-0.15, -0.1) is 0 Å². The molecule has 0 aliphatic carbocycles. The maximum Gasteiger partial charge on any atom is 0.251 e. The normalized spacial score (nSPS) is 16.9. The number of amides is 7. The number of aromatic hydroxyl groups is 2. The van der Waals surface area contributed by atoms with Crippen LogP contribution in [0.1, 0.15) is 60.6 Å². The molecule has 5 rings (SSSR count). The Kier molecular flexibility index (Phi) is 17.2. The van der Waals surface area contributed by atoms with E-state index in [1.807, 2.05) is 12.1 Å². The fourth-order valence-electron chi connectivity index (χ4n) is 7.56. The maximum atomic E-state index is 14.6. The van der Waals surface area contributed by atoms with Crippen molar-refractivity contribution >= 4 is 53.0 Å². The molecule has 4 aromatic carbocycles. The SMILES string of the molecule is C[C@@H]1NC(=O)[C@@H](N(C)C(=O)[C@H](CCCCN)NC(=O)c2ccc(-c3ccc(Cl)cc3)cc2)c2ccc(O)c(c2)-c2cc(ccc2O)C[C@@H](C(=O)N[C@@H](C)C(=O)N(CCO)CC(N)=O)NC1=O. The third-order valence-corrected chi connectivity index (χ3v) is 11.4. The smallest absolute Gasteiger partial charge is 0.251 e. The van der Waals surface area contributed by atoms with E-state index in [-0.39, 0.29) is 53.1 Å². The molecule has 0 unspecified atom stereocenters. The molecular formula is C47H55ClN8O10. The molecule has 0 radical (unpaired) electrons. The number of primary amides is 1. The van der Waals surface area contributed by atoms with Crippen molar-refractivity contribution in [1.82, 2.24) is 31.1 Å². The number of rotatable bonds is 16. The fraction of sp³-hybridized carbons (Fsp3) is 0.340. The van der Waals surface area contributed by atoms with Crippen molar-refractivity contribution < 1.29 is 48.9 Å². The number of phenolic OH excluding ortho intramolecular Hbond substituents is 2. The summed E-state index contributed by atoms with van der Waals surface area (Å²) in [6.45, 7) is 1.79. The first-order chi connectivity index (χ1) is 31.4. The molecule has 4 aromatic rings. The second-order valence-corrected chi connectivity index (χ2v) is 16.5. The molecule has 0 saturated carbocycles. The van der Waals surface area contributed by atoms with Gasteiger partial charge in [-0.1, -0.05) is 48.0 Å². The lowest BCUT2D eigenvalue weighted by atomic mass is 9.93. The van der Waals surface area contributed by atoms with E-state index in [4.69, 9.17) is 23.1 Å². The lowest BCUT2D eigenvalue weighted by Crippen LogP contribution is -2.58. The van der Waals surface area contributed by atoms with Gasteiger partial charge in [0.2, 0.25) is 35.4 Å². The molecule has 5 atom stereocenters. The number of hydrogen-bond acceptors (Lipinski definition) is 11. The molecule has 1 heterocycles. The Morgan fingerprint density at radius 1 is 0.833 bits per heavy atom. The summed E-state index contributed by atoms with van der Waals surface area (Å²) in [6, 6.07) is 15.8. The maximum absolute atomic E-state index is 14.6. The first-order valence-corrected chi connectivity index (χ1v) is 21.7. The fourth-order valence-corrected chi connectivity index (χ4v) is 7.69. The number of phenols is 2. The Labute approximate surface area is 386 Å². The summed E-state index contributed by atoms with van der Waals surface area (Å²) in [4.78, 5) is 97.4. The number of carbonyl (C=O) groups excluding carboxylic acids is 7. The third-order valence-electron chi connectivity index (χ3n) is 11.1. The molecule has 19 heteroatoms. The summed E-state index contributed by atoms with van der Waals surface area (Å²) < 4.78 is 0. The Balaban J connectivity index is 1.47. The topological polar surface area (TPSA) is 287 Å². The van der Waals surface area contributed by atoms with E-state index in [0.717, 1.165) is 20.9 Å². The Bertz CT molecular complexity index is 2430. The summed E-state index contributed by atoms with van der Waals surface area (Å²) in [5.41, 5.74) is 13.8. The number of nitrogens with zero attached hydrogens (tertiary/aromatic N) is 2. The number of unbranched alkanes of at least 4 members (excludes halogenated alkanes) is 1. The molecule has 0 spiro atoms. The number of likely N-dealkylation sites (N-methyl/N-ethyl adjacent to an activating group) is 1. The Morgan fingerprint density at radius 2 is 1.45 bits per heavy atom. The lowest BCUT2D eigenvalue weighted by molar-refractivity contribution is -0.142. The molecule has 66 heavy (non-hydrogen) atoms. The monoisotopic (exact) mass is 926 g/mol. The van der Waals surface area contributed by atoms with Crippen LogP contribution < -0.4 is 32.7 Å². The highest BCUT2D eigenvalue weighted by molar-refractivity contribution is 6.30. The average Bonchev–Trinajstić information content (AvgIpc) is 3.28. The van der Waals surface area contributed by atoms with E-state index in [1.54, 1.807) is 36.4 Å². The predicted octanol–water partition coefficient (Wildman–Crippen LogP) is 1.87. The lowest BCUT2D eigenvalue weighted by Gasteiger charge is -2.32. The molecule has 4 bridgehead atoms. The zero-order valence-electron chi connectivity index (χ0n) is 36.8. The second kappa shape index (κ2) is 22.7. The second-order valence-electron chi connectivity index (χ2n) is 16.1. The van der Waals surface area contributed by atoms with Crippen LogP contribution in [0.15, 0.2) is 84.9 Å². The van der Waals surface area contributed by atoms with Gasteiger partial charge in [-0.2, -0.15) is 0 Å². The van der Waals surface area contributed by atoms with Gasteiger partial charge in [0.05, 0.1) is 13.2 Å². The van der Waals surface area contributed by atoms with Gasteiger partial charge in [-0.05, 0) is 110 Å². The average molecular weight is 927 g/mol. The van der Waals surface area contributed by atoms with Crippen LogP contribution in [0.4, 0.5) is 0 Å². The number of aliphatic hydroxyl groups excluding tert-OH is 1. The van der Waals surface area contributed by atoms with Crippen molar-refractivity contribution in [2.45, 2.75) is 69.7 Å². The Morgan fingerprint density at radius 3 is 2.08 bits per heavy atom. The number of carbonyl (C=O) groups is 7. The quantitative estimate of drug-likeness (QED) is 0.0732. The van der Waals surface area contributed by atoms with Gasteiger partial charge in [0.25, 0.3) is 5.91 Å². The zero-order chi connectivity index (χ0) is 48.2. The van der Waals surface area contributed by atoms with E-state index in [2.05, 4.69) is 21.3 Å². The largest absolute Gasteiger partial charge is 0.507 e. The van der Waals surface area contributed by atoms with Crippen LogP contribution in [0.5, 0.6) is 11.5 Å². The van der Waals surface area contributed by atoms with E-state index in [9.17, 15) is 48.9 Å². The first-order valence-electron chi connectivity index (χ1n) is 21.3. The summed E-state index contributed by atoms with van der Waals surface area (Å²) in [7, 11) is 1.36. The molecule has 350 valence electrons. The van der Waals surface area contributed by atoms with Gasteiger partial charge in [-0.3, -0.25) is 33.6 Å². The summed E-state index contributed by atoms with van der Waals surface area (Å²) in [5.74, 6) is -5.87. The highest BCUT2D eigenvalue weighted by Gasteiger charge is 2.36. The van der Waals surface area contributed by atoms with Crippen LogP contribution in [0, 0.1) is 0 Å². The molecule has 1 aliphatic heterocycles. The number of benzene rings is 4. The minimum atomic E-state index is -1.49. The van der Waals surface area contributed by atoms with E-state index in [1.165, 1.54) is 57.3 Å². The molecular weight excluding hydrogens is 872 g/mol. The number of nitrogens with one attached hydrogen (secondary N) is 4. The minimum Gasteiger partial charge on any atom is -0.507 e. The van der Waals surface area contributed by atoms with Crippen molar-refractivity contribution in [2.75, 3.05) is 33.3 Å². The molecule has 0 fully saturated rings. The Hall–Kier alpha value is -7.02. The number of nitrogens with two attached hydrogens (primary N) is 2. The van der Waals surface area contributed by atoms with Crippen molar-refractivity contribution in [3.63, 3.8) is 0 Å². The highest BCUT2D eigenvalue weighted by atomic mass is 35.5. The molecule has 0 saturated heterocycles. The van der Waals surface area contributed by atoms with E-state index in [0.29, 0.717) is 30.0 Å². The number of halogens is 1. The number of fused-ring (bicyclic) bond motifs is 5. The summed E-state index contributed by atoms with van der Waals surface area (Å²) in [5, 5.41) is 42.9. The van der Waals surface area contributed by atoms with Gasteiger partial charge < -0.3 is 57.9 Å². The highest BCUT2D eigenvalue weighted by Crippen LogP contribution is 2.39. The number of aliphatic hydroxyl groups is 1. The first kappa shape index (κ1) is 50.0. The molecule has 7 amide bonds. The van der Waals surface area contributed by atoms with Gasteiger partial charge in [0.15, 0.2) is 0 Å². The third kappa shape index (κ3) is 12.6. The zero-order valence-corrected chi connectivity index (χ0v) is 37.5. The van der Waals surface area contributed by atoms with Gasteiger partial charge in [0.1, 0.15) is 41.7 Å². The van der Waals surface area contributed by atoms with Crippen LogP contribution in [0.3, 0.4) is 0 Å². The van der Waals surface area contributed by atoms with Crippen LogP contribution in [0.25, 0.3) is 22.3 Å². The van der Waals surface area contributed by atoms with Gasteiger partial charge >= 0.3 is 0 Å².